The topological polar surface area (TPSA) is 45.5 Å². The van der Waals surface area contributed by atoms with Gasteiger partial charge >= 0.3 is 4.87 Å². The summed E-state index contributed by atoms with van der Waals surface area (Å²) in [5, 5.41) is 1.80. The molecular weight excluding hydrogens is 310 g/mol. The molecule has 0 atom stereocenters. The molecule has 0 spiro atoms. The van der Waals surface area contributed by atoms with Gasteiger partial charge in [0.05, 0.1) is 0 Å². The number of benzene rings is 1. The number of aryl methyl sites for hydroxylation is 2. The Labute approximate surface area is 139 Å². The van der Waals surface area contributed by atoms with E-state index in [2.05, 4.69) is 36.1 Å². The van der Waals surface area contributed by atoms with E-state index in [1.54, 1.807) is 9.95 Å². The van der Waals surface area contributed by atoms with Crippen molar-refractivity contribution in [2.45, 2.75) is 20.4 Å². The Hall–Kier alpha value is -2.08. The number of rotatable bonds is 3. The summed E-state index contributed by atoms with van der Waals surface area (Å²) in [5.41, 5.74) is 3.31. The first kappa shape index (κ1) is 15.8. The van der Waals surface area contributed by atoms with Crippen molar-refractivity contribution < 1.29 is 4.79 Å². The minimum Gasteiger partial charge on any atom is -0.368 e. The molecule has 1 aliphatic heterocycles. The van der Waals surface area contributed by atoms with Gasteiger partial charge in [0.15, 0.2) is 0 Å². The Morgan fingerprint density at radius 1 is 1.17 bits per heavy atom. The predicted octanol–water partition coefficient (Wildman–Crippen LogP) is 1.88. The fraction of sp³-hybridized carbons (Fsp3) is 0.412. The molecule has 23 heavy (non-hydrogen) atoms. The number of piperazine rings is 1. The highest BCUT2D eigenvalue weighted by Crippen LogP contribution is 2.18. The Balaban J connectivity index is 1.60. The van der Waals surface area contributed by atoms with Gasteiger partial charge in [0, 0.05) is 42.9 Å². The van der Waals surface area contributed by atoms with E-state index in [0.29, 0.717) is 13.1 Å². The maximum Gasteiger partial charge on any atom is 0.307 e. The summed E-state index contributed by atoms with van der Waals surface area (Å²) < 4.78 is 1.56. The number of aromatic nitrogens is 1. The summed E-state index contributed by atoms with van der Waals surface area (Å²) in [7, 11) is 0. The monoisotopic (exact) mass is 331 g/mol. The van der Waals surface area contributed by atoms with Crippen molar-refractivity contribution in [3.05, 3.63) is 50.6 Å². The Bertz CT molecular complexity index is 757. The lowest BCUT2D eigenvalue weighted by atomic mass is 10.2. The molecule has 0 unspecified atom stereocenters. The maximum absolute atomic E-state index is 12.4. The van der Waals surface area contributed by atoms with Crippen LogP contribution in [0, 0.1) is 13.8 Å². The van der Waals surface area contributed by atoms with Crippen molar-refractivity contribution in [2.24, 2.45) is 0 Å². The fourth-order valence-corrected chi connectivity index (χ4v) is 3.60. The number of carbonyl (C=O) groups is 1. The van der Waals surface area contributed by atoms with Crippen molar-refractivity contribution in [3.63, 3.8) is 0 Å². The second kappa shape index (κ2) is 6.58. The normalized spacial score (nSPS) is 15.0. The molecule has 1 fully saturated rings. The van der Waals surface area contributed by atoms with Crippen molar-refractivity contribution in [1.29, 1.82) is 0 Å². The average Bonchev–Trinajstić information content (AvgIpc) is 2.87. The Morgan fingerprint density at radius 2 is 1.91 bits per heavy atom. The van der Waals surface area contributed by atoms with Gasteiger partial charge in [0.1, 0.15) is 6.54 Å². The van der Waals surface area contributed by atoms with Gasteiger partial charge < -0.3 is 9.80 Å². The highest BCUT2D eigenvalue weighted by Gasteiger charge is 2.22. The van der Waals surface area contributed by atoms with Gasteiger partial charge in [-0.15, -0.1) is 0 Å². The van der Waals surface area contributed by atoms with E-state index < -0.39 is 0 Å². The number of hydrogen-bond acceptors (Lipinski definition) is 4. The van der Waals surface area contributed by atoms with Crippen molar-refractivity contribution in [3.8, 4) is 0 Å². The molecule has 0 saturated carbocycles. The third-order valence-electron chi connectivity index (χ3n) is 4.27. The second-order valence-corrected chi connectivity index (χ2v) is 6.76. The molecule has 1 aromatic carbocycles. The SMILES string of the molecule is Cc1cccc(N2CCN(C(=O)Cn3c(C)csc3=O)CC2)c1. The van der Waals surface area contributed by atoms with Crippen LogP contribution in [0.5, 0.6) is 0 Å². The molecule has 0 bridgehead atoms. The summed E-state index contributed by atoms with van der Waals surface area (Å²) in [6, 6.07) is 8.43. The van der Waals surface area contributed by atoms with Gasteiger partial charge in [-0.25, -0.2) is 0 Å². The largest absolute Gasteiger partial charge is 0.368 e. The zero-order chi connectivity index (χ0) is 16.4. The highest BCUT2D eigenvalue weighted by molar-refractivity contribution is 7.07. The third-order valence-corrected chi connectivity index (χ3v) is 5.15. The van der Waals surface area contributed by atoms with Gasteiger partial charge in [-0.1, -0.05) is 23.5 Å². The molecule has 1 aromatic heterocycles. The zero-order valence-corrected chi connectivity index (χ0v) is 14.3. The molecule has 3 rings (SSSR count). The lowest BCUT2D eigenvalue weighted by Gasteiger charge is -2.36. The standard InChI is InChI=1S/C17H21N3O2S/c1-13-4-3-5-15(10-13)18-6-8-19(9-7-18)16(21)11-20-14(2)12-23-17(20)22/h3-5,10,12H,6-9,11H2,1-2H3. The zero-order valence-electron chi connectivity index (χ0n) is 13.5. The summed E-state index contributed by atoms with van der Waals surface area (Å²) in [4.78, 5) is 28.2. The van der Waals surface area contributed by atoms with Crippen LogP contribution in [-0.2, 0) is 11.3 Å². The van der Waals surface area contributed by atoms with E-state index in [1.807, 2.05) is 11.8 Å². The van der Waals surface area contributed by atoms with Crippen LogP contribution < -0.4 is 9.77 Å². The van der Waals surface area contributed by atoms with Crippen LogP contribution in [0.25, 0.3) is 0 Å². The van der Waals surface area contributed by atoms with Gasteiger partial charge in [-0.05, 0) is 31.5 Å². The second-order valence-electron chi connectivity index (χ2n) is 5.94. The van der Waals surface area contributed by atoms with E-state index in [0.717, 1.165) is 30.1 Å². The molecule has 1 amide bonds. The molecular formula is C17H21N3O2S. The average molecular weight is 331 g/mol. The van der Waals surface area contributed by atoms with Crippen LogP contribution in [0.3, 0.4) is 0 Å². The van der Waals surface area contributed by atoms with Gasteiger partial charge in [0.2, 0.25) is 5.91 Å². The molecule has 5 nitrogen and oxygen atoms in total. The van der Waals surface area contributed by atoms with Gasteiger partial charge in [-0.2, -0.15) is 0 Å². The fourth-order valence-electron chi connectivity index (χ4n) is 2.87. The van der Waals surface area contributed by atoms with E-state index in [-0.39, 0.29) is 17.3 Å². The Kier molecular flexibility index (Phi) is 4.52. The predicted molar refractivity (Wildman–Crippen MR) is 93.3 cm³/mol. The van der Waals surface area contributed by atoms with Crippen LogP contribution in [0.1, 0.15) is 11.3 Å². The molecule has 2 aromatic rings. The summed E-state index contributed by atoms with van der Waals surface area (Å²) in [6.07, 6.45) is 0. The van der Waals surface area contributed by atoms with Crippen LogP contribution in [0.2, 0.25) is 0 Å². The van der Waals surface area contributed by atoms with Crippen LogP contribution >= 0.6 is 11.3 Å². The number of thiazole rings is 1. The molecule has 0 N–H and O–H groups in total. The maximum atomic E-state index is 12.4. The first-order valence-electron chi connectivity index (χ1n) is 7.79. The summed E-state index contributed by atoms with van der Waals surface area (Å²) in [5.74, 6) is 0.0255. The number of amides is 1. The van der Waals surface area contributed by atoms with Crippen LogP contribution in [-0.4, -0.2) is 41.6 Å². The van der Waals surface area contributed by atoms with Crippen molar-refractivity contribution in [2.75, 3.05) is 31.1 Å². The van der Waals surface area contributed by atoms with E-state index in [1.165, 1.54) is 11.3 Å². The van der Waals surface area contributed by atoms with Crippen molar-refractivity contribution >= 4 is 22.9 Å². The van der Waals surface area contributed by atoms with E-state index in [4.69, 9.17) is 0 Å². The summed E-state index contributed by atoms with van der Waals surface area (Å²) in [6.45, 7) is 7.15. The van der Waals surface area contributed by atoms with Gasteiger partial charge in [-0.3, -0.25) is 14.2 Å². The molecule has 0 radical (unpaired) electrons. The first-order chi connectivity index (χ1) is 11.0. The van der Waals surface area contributed by atoms with Crippen molar-refractivity contribution in [1.82, 2.24) is 9.47 Å². The minimum atomic E-state index is -0.0609. The number of nitrogens with zero attached hydrogens (tertiary/aromatic N) is 3. The molecule has 6 heteroatoms. The first-order valence-corrected chi connectivity index (χ1v) is 8.67. The van der Waals surface area contributed by atoms with Gasteiger partial charge in [0.25, 0.3) is 0 Å². The molecule has 2 heterocycles. The lowest BCUT2D eigenvalue weighted by molar-refractivity contribution is -0.132. The van der Waals surface area contributed by atoms with Crippen LogP contribution in [0.4, 0.5) is 5.69 Å². The smallest absolute Gasteiger partial charge is 0.307 e. The van der Waals surface area contributed by atoms with E-state index >= 15 is 0 Å². The third kappa shape index (κ3) is 3.47. The minimum absolute atomic E-state index is 0.0255. The van der Waals surface area contributed by atoms with Crippen LogP contribution in [0.15, 0.2) is 34.4 Å². The Morgan fingerprint density at radius 3 is 2.52 bits per heavy atom. The number of anilines is 1. The number of hydrogen-bond donors (Lipinski definition) is 0. The quantitative estimate of drug-likeness (QED) is 0.863. The van der Waals surface area contributed by atoms with E-state index in [9.17, 15) is 9.59 Å². The summed E-state index contributed by atoms with van der Waals surface area (Å²) >= 11 is 1.15. The number of carbonyl (C=O) groups excluding carboxylic acids is 1. The molecule has 1 aliphatic rings. The molecule has 122 valence electrons. The lowest BCUT2D eigenvalue weighted by Crippen LogP contribution is -2.50. The highest BCUT2D eigenvalue weighted by atomic mass is 32.1. The molecule has 1 saturated heterocycles. The molecule has 0 aliphatic carbocycles.